The summed E-state index contributed by atoms with van der Waals surface area (Å²) in [6.45, 7) is 2.91. The van der Waals surface area contributed by atoms with E-state index in [1.807, 2.05) is 29.2 Å². The summed E-state index contributed by atoms with van der Waals surface area (Å²) in [5.41, 5.74) is 1.72. The van der Waals surface area contributed by atoms with Gasteiger partial charge in [-0.25, -0.2) is 4.79 Å². The molecule has 2 aliphatic rings. The van der Waals surface area contributed by atoms with Crippen molar-refractivity contribution in [3.63, 3.8) is 0 Å². The lowest BCUT2D eigenvalue weighted by Crippen LogP contribution is -2.39. The number of carbonyl (C=O) groups excluding carboxylic acids is 2. The van der Waals surface area contributed by atoms with Crippen molar-refractivity contribution in [2.24, 2.45) is 0 Å². The van der Waals surface area contributed by atoms with E-state index in [1.54, 1.807) is 6.92 Å². The van der Waals surface area contributed by atoms with Crippen molar-refractivity contribution in [3.05, 3.63) is 35.4 Å². The number of hydrogen-bond acceptors (Lipinski definition) is 6. The lowest BCUT2D eigenvalue weighted by atomic mass is 9.90. The molecule has 1 aromatic rings. The van der Waals surface area contributed by atoms with Gasteiger partial charge in [-0.1, -0.05) is 37.1 Å². The van der Waals surface area contributed by atoms with Crippen molar-refractivity contribution in [1.82, 2.24) is 4.90 Å². The van der Waals surface area contributed by atoms with Crippen molar-refractivity contribution in [2.75, 3.05) is 20.2 Å². The molecule has 3 rings (SSSR count). The van der Waals surface area contributed by atoms with Gasteiger partial charge in [0.05, 0.1) is 7.11 Å². The minimum absolute atomic E-state index is 0.299. The third-order valence-corrected chi connectivity index (χ3v) is 5.86. The standard InChI is InChI=1S/C21H29NO5/c1-14(20(24)26-2)22-12-11-16(13-22)27-21(25)19(23)18-10-6-5-9-17(18)15-7-3-4-8-15/h5-6,9-10,14-16,19,23H,3-4,7-8,11-13H2,1-2H3/t14?,16?,19-/m1/s1. The van der Waals surface area contributed by atoms with Gasteiger partial charge in [0.1, 0.15) is 12.1 Å². The highest BCUT2D eigenvalue weighted by Gasteiger charge is 2.34. The lowest BCUT2D eigenvalue weighted by Gasteiger charge is -2.22. The maximum absolute atomic E-state index is 12.6. The first-order valence-corrected chi connectivity index (χ1v) is 9.80. The van der Waals surface area contributed by atoms with Crippen LogP contribution in [-0.2, 0) is 19.1 Å². The van der Waals surface area contributed by atoms with Gasteiger partial charge in [-0.3, -0.25) is 9.69 Å². The number of methoxy groups -OCH3 is 1. The molecule has 3 atom stereocenters. The number of ether oxygens (including phenoxy) is 2. The molecule has 1 N–H and O–H groups in total. The summed E-state index contributed by atoms with van der Waals surface area (Å²) in [5, 5.41) is 10.6. The maximum atomic E-state index is 12.6. The summed E-state index contributed by atoms with van der Waals surface area (Å²) in [4.78, 5) is 26.2. The Morgan fingerprint density at radius 3 is 2.56 bits per heavy atom. The van der Waals surface area contributed by atoms with Crippen LogP contribution in [0.5, 0.6) is 0 Å². The molecule has 1 saturated heterocycles. The molecule has 0 bridgehead atoms. The zero-order chi connectivity index (χ0) is 19.4. The predicted octanol–water partition coefficient (Wildman–Crippen LogP) is 2.56. The van der Waals surface area contributed by atoms with Crippen molar-refractivity contribution < 1.29 is 24.2 Å². The van der Waals surface area contributed by atoms with Gasteiger partial charge in [0.15, 0.2) is 6.10 Å². The number of benzene rings is 1. The van der Waals surface area contributed by atoms with Crippen LogP contribution in [0.15, 0.2) is 24.3 Å². The fourth-order valence-electron chi connectivity index (χ4n) is 4.25. The number of rotatable bonds is 6. The summed E-state index contributed by atoms with van der Waals surface area (Å²) < 4.78 is 10.3. The topological polar surface area (TPSA) is 76.1 Å². The molecule has 2 fully saturated rings. The molecule has 6 heteroatoms. The first-order valence-electron chi connectivity index (χ1n) is 9.80. The molecule has 1 heterocycles. The van der Waals surface area contributed by atoms with E-state index >= 15 is 0 Å². The van der Waals surface area contributed by atoms with Gasteiger partial charge in [0.25, 0.3) is 0 Å². The van der Waals surface area contributed by atoms with Crippen LogP contribution in [0.3, 0.4) is 0 Å². The van der Waals surface area contributed by atoms with Gasteiger partial charge in [0, 0.05) is 13.1 Å². The predicted molar refractivity (Wildman–Crippen MR) is 100 cm³/mol. The Kier molecular flexibility index (Phi) is 6.50. The molecule has 1 aromatic carbocycles. The Balaban J connectivity index is 1.61. The Labute approximate surface area is 160 Å². The third kappa shape index (κ3) is 4.50. The summed E-state index contributed by atoms with van der Waals surface area (Å²) in [6, 6.07) is 7.27. The minimum atomic E-state index is -1.27. The Bertz CT molecular complexity index is 670. The van der Waals surface area contributed by atoms with Crippen molar-refractivity contribution in [2.45, 2.75) is 63.2 Å². The van der Waals surface area contributed by atoms with E-state index in [0.29, 0.717) is 31.0 Å². The highest BCUT2D eigenvalue weighted by molar-refractivity contribution is 5.77. The summed E-state index contributed by atoms with van der Waals surface area (Å²) in [7, 11) is 1.37. The van der Waals surface area contributed by atoms with E-state index in [9.17, 15) is 14.7 Å². The average Bonchev–Trinajstić information content (AvgIpc) is 3.38. The minimum Gasteiger partial charge on any atom is -0.468 e. The fourth-order valence-corrected chi connectivity index (χ4v) is 4.25. The van der Waals surface area contributed by atoms with Crippen LogP contribution < -0.4 is 0 Å². The summed E-state index contributed by atoms with van der Waals surface area (Å²) >= 11 is 0. The number of aliphatic hydroxyl groups is 1. The molecule has 1 saturated carbocycles. The van der Waals surface area contributed by atoms with Gasteiger partial charge in [-0.05, 0) is 43.2 Å². The van der Waals surface area contributed by atoms with Crippen LogP contribution in [0.4, 0.5) is 0 Å². The molecule has 148 valence electrons. The molecular weight excluding hydrogens is 346 g/mol. The second-order valence-corrected chi connectivity index (χ2v) is 7.55. The number of hydrogen-bond donors (Lipinski definition) is 1. The zero-order valence-electron chi connectivity index (χ0n) is 16.1. The third-order valence-electron chi connectivity index (χ3n) is 5.86. The van der Waals surface area contributed by atoms with Crippen LogP contribution in [0.25, 0.3) is 0 Å². The van der Waals surface area contributed by atoms with E-state index in [-0.39, 0.29) is 18.1 Å². The molecule has 1 aliphatic heterocycles. The lowest BCUT2D eigenvalue weighted by molar-refractivity contribution is -0.159. The van der Waals surface area contributed by atoms with Gasteiger partial charge >= 0.3 is 11.9 Å². The molecular formula is C21H29NO5. The number of likely N-dealkylation sites (tertiary alicyclic amines) is 1. The summed E-state index contributed by atoms with van der Waals surface area (Å²) in [6.07, 6.45) is 3.63. The van der Waals surface area contributed by atoms with Crippen LogP contribution in [0.2, 0.25) is 0 Å². The molecule has 0 amide bonds. The normalized spacial score (nSPS) is 23.1. The highest BCUT2D eigenvalue weighted by Crippen LogP contribution is 2.37. The van der Waals surface area contributed by atoms with Gasteiger partial charge in [-0.15, -0.1) is 0 Å². The van der Waals surface area contributed by atoms with Gasteiger partial charge in [0.2, 0.25) is 0 Å². The van der Waals surface area contributed by atoms with Crippen LogP contribution in [0, 0.1) is 0 Å². The first-order chi connectivity index (χ1) is 13.0. The Morgan fingerprint density at radius 2 is 1.85 bits per heavy atom. The van der Waals surface area contributed by atoms with Crippen LogP contribution >= 0.6 is 0 Å². The monoisotopic (exact) mass is 375 g/mol. The second-order valence-electron chi connectivity index (χ2n) is 7.55. The average molecular weight is 375 g/mol. The Morgan fingerprint density at radius 1 is 1.15 bits per heavy atom. The maximum Gasteiger partial charge on any atom is 0.339 e. The van der Waals surface area contributed by atoms with E-state index in [0.717, 1.165) is 18.4 Å². The molecule has 6 nitrogen and oxygen atoms in total. The molecule has 1 aliphatic carbocycles. The van der Waals surface area contributed by atoms with E-state index in [1.165, 1.54) is 20.0 Å². The molecule has 0 radical (unpaired) electrons. The van der Waals surface area contributed by atoms with Crippen LogP contribution in [-0.4, -0.2) is 54.3 Å². The highest BCUT2D eigenvalue weighted by atomic mass is 16.6. The SMILES string of the molecule is COC(=O)C(C)N1CCC(OC(=O)[C@H](O)c2ccccc2C2CCCC2)C1. The fraction of sp³-hybridized carbons (Fsp3) is 0.619. The van der Waals surface area contributed by atoms with E-state index < -0.39 is 12.1 Å². The van der Waals surface area contributed by atoms with Crippen molar-refractivity contribution in [1.29, 1.82) is 0 Å². The number of esters is 2. The molecule has 2 unspecified atom stereocenters. The smallest absolute Gasteiger partial charge is 0.339 e. The molecule has 27 heavy (non-hydrogen) atoms. The number of nitrogens with zero attached hydrogens (tertiary/aromatic N) is 1. The zero-order valence-corrected chi connectivity index (χ0v) is 16.1. The van der Waals surface area contributed by atoms with Crippen molar-refractivity contribution in [3.8, 4) is 0 Å². The van der Waals surface area contributed by atoms with Crippen molar-refractivity contribution >= 4 is 11.9 Å². The Hall–Kier alpha value is -1.92. The van der Waals surface area contributed by atoms with Gasteiger partial charge < -0.3 is 14.6 Å². The molecule has 0 spiro atoms. The van der Waals surface area contributed by atoms with Crippen LogP contribution in [0.1, 0.15) is 62.2 Å². The summed E-state index contributed by atoms with van der Waals surface area (Å²) in [5.74, 6) is -0.503. The van der Waals surface area contributed by atoms with E-state index in [2.05, 4.69) is 0 Å². The quantitative estimate of drug-likeness (QED) is 0.770. The van der Waals surface area contributed by atoms with E-state index in [4.69, 9.17) is 9.47 Å². The largest absolute Gasteiger partial charge is 0.468 e. The second kappa shape index (κ2) is 8.85. The number of aliphatic hydroxyl groups excluding tert-OH is 1. The number of carbonyl (C=O) groups is 2. The first kappa shape index (κ1) is 19.8. The molecule has 0 aromatic heterocycles. The van der Waals surface area contributed by atoms with Gasteiger partial charge in [-0.2, -0.15) is 0 Å².